The van der Waals surface area contributed by atoms with Crippen LogP contribution in [0.25, 0.3) is 0 Å². The molecular weight excluding hydrogens is 360 g/mol. The summed E-state index contributed by atoms with van der Waals surface area (Å²) < 4.78 is 12.2. The van der Waals surface area contributed by atoms with Crippen LogP contribution in [0.15, 0.2) is 11.6 Å². The van der Waals surface area contributed by atoms with Crippen LogP contribution in [-0.2, 0) is 14.3 Å². The minimum atomic E-state index is 0.0347. The molecule has 0 bridgehead atoms. The van der Waals surface area contributed by atoms with Crippen molar-refractivity contribution in [3.63, 3.8) is 0 Å². The van der Waals surface area contributed by atoms with E-state index in [0.29, 0.717) is 23.2 Å². The fourth-order valence-corrected chi connectivity index (χ4v) is 8.44. The molecular formula is C26H40O3. The molecule has 0 spiro atoms. The SMILES string of the molecule is CC(=O)[C@@H]1CC[C@@H]2[C@H]3CC=C4C[C@@H](O[C@@H]5CCCCO5)CC[C@]4(C)[C@@H]3CC[C@]21C. The summed E-state index contributed by atoms with van der Waals surface area (Å²) >= 11 is 0. The van der Waals surface area contributed by atoms with Gasteiger partial charge in [-0.1, -0.05) is 25.5 Å². The number of hydrogen-bond acceptors (Lipinski definition) is 3. The van der Waals surface area contributed by atoms with Crippen molar-refractivity contribution in [2.75, 3.05) is 6.61 Å². The number of Topliss-reactive ketones (excluding diaryl/α,β-unsaturated/α-hetero) is 1. The first-order valence-corrected chi connectivity index (χ1v) is 12.4. The van der Waals surface area contributed by atoms with Gasteiger partial charge in [0.05, 0.1) is 6.10 Å². The topological polar surface area (TPSA) is 35.5 Å². The lowest BCUT2D eigenvalue weighted by atomic mass is 9.47. The van der Waals surface area contributed by atoms with Crippen LogP contribution in [0.1, 0.15) is 91.4 Å². The van der Waals surface area contributed by atoms with E-state index in [2.05, 4.69) is 19.9 Å². The van der Waals surface area contributed by atoms with Gasteiger partial charge in [-0.25, -0.2) is 0 Å². The van der Waals surface area contributed by atoms with Gasteiger partial charge < -0.3 is 9.47 Å². The van der Waals surface area contributed by atoms with Crippen molar-refractivity contribution in [2.45, 2.75) is 104 Å². The standard InChI is InChI=1S/C26H40O3/c1-17(27)21-9-10-22-20-8-7-18-16-19(29-24-6-4-5-15-28-24)11-13-25(18,2)23(20)12-14-26(21,22)3/h7,19-24H,4-6,8-16H2,1-3H3/t19-,20+,21-,22+,23+,24+,25-,26-/m0/s1. The quantitative estimate of drug-likeness (QED) is 0.540. The van der Waals surface area contributed by atoms with Crippen molar-refractivity contribution in [1.82, 2.24) is 0 Å². The summed E-state index contributed by atoms with van der Waals surface area (Å²) in [6.45, 7) is 7.71. The maximum atomic E-state index is 12.3. The van der Waals surface area contributed by atoms with E-state index >= 15 is 0 Å². The minimum Gasteiger partial charge on any atom is -0.353 e. The van der Waals surface area contributed by atoms with E-state index in [4.69, 9.17) is 9.47 Å². The second kappa shape index (κ2) is 7.48. The highest BCUT2D eigenvalue weighted by Crippen LogP contribution is 2.66. The van der Waals surface area contributed by atoms with Crippen LogP contribution in [0.2, 0.25) is 0 Å². The molecule has 1 saturated heterocycles. The van der Waals surface area contributed by atoms with Crippen molar-refractivity contribution < 1.29 is 14.3 Å². The summed E-state index contributed by atoms with van der Waals surface area (Å²) in [6, 6.07) is 0. The van der Waals surface area contributed by atoms with Gasteiger partial charge in [-0.3, -0.25) is 4.79 Å². The van der Waals surface area contributed by atoms with Crippen LogP contribution in [0.4, 0.5) is 0 Å². The van der Waals surface area contributed by atoms with Gasteiger partial charge in [0.2, 0.25) is 0 Å². The molecule has 1 aliphatic heterocycles. The minimum absolute atomic E-state index is 0.0347. The Morgan fingerprint density at radius 1 is 1.07 bits per heavy atom. The third-order valence-electron chi connectivity index (χ3n) is 10.0. The second-order valence-electron chi connectivity index (χ2n) is 11.3. The van der Waals surface area contributed by atoms with E-state index in [1.165, 1.54) is 51.4 Å². The number of hydrogen-bond donors (Lipinski definition) is 0. The molecule has 0 aromatic rings. The van der Waals surface area contributed by atoms with Crippen LogP contribution >= 0.6 is 0 Å². The molecule has 4 fully saturated rings. The van der Waals surface area contributed by atoms with Gasteiger partial charge in [-0.15, -0.1) is 0 Å². The van der Waals surface area contributed by atoms with Crippen molar-refractivity contribution in [3.8, 4) is 0 Å². The van der Waals surface area contributed by atoms with Crippen molar-refractivity contribution in [3.05, 3.63) is 11.6 Å². The Morgan fingerprint density at radius 3 is 2.69 bits per heavy atom. The summed E-state index contributed by atoms with van der Waals surface area (Å²) in [5.74, 6) is 3.08. The highest BCUT2D eigenvalue weighted by atomic mass is 16.7. The fraction of sp³-hybridized carbons (Fsp3) is 0.885. The highest BCUT2D eigenvalue weighted by molar-refractivity contribution is 5.79. The largest absolute Gasteiger partial charge is 0.353 e. The Labute approximate surface area is 177 Å². The number of rotatable bonds is 3. The van der Waals surface area contributed by atoms with Gasteiger partial charge >= 0.3 is 0 Å². The van der Waals surface area contributed by atoms with Crippen LogP contribution < -0.4 is 0 Å². The zero-order chi connectivity index (χ0) is 20.2. The molecule has 0 aromatic carbocycles. The molecule has 29 heavy (non-hydrogen) atoms. The van der Waals surface area contributed by atoms with Gasteiger partial charge in [-0.2, -0.15) is 0 Å². The zero-order valence-electron chi connectivity index (χ0n) is 18.8. The van der Waals surface area contributed by atoms with E-state index in [0.717, 1.165) is 43.6 Å². The maximum Gasteiger partial charge on any atom is 0.157 e. The molecule has 0 N–H and O–H groups in total. The lowest BCUT2D eigenvalue weighted by molar-refractivity contribution is -0.195. The van der Waals surface area contributed by atoms with Crippen molar-refractivity contribution >= 4 is 5.78 Å². The first-order chi connectivity index (χ1) is 13.9. The number of ether oxygens (including phenoxy) is 2. The van der Waals surface area contributed by atoms with Crippen LogP contribution in [0, 0.1) is 34.5 Å². The molecule has 8 atom stereocenters. The Kier molecular flexibility index (Phi) is 5.22. The molecule has 162 valence electrons. The number of carbonyl (C=O) groups excluding carboxylic acids is 1. The van der Waals surface area contributed by atoms with Crippen LogP contribution in [-0.4, -0.2) is 24.8 Å². The first kappa shape index (κ1) is 20.2. The molecule has 5 aliphatic rings. The summed E-state index contributed by atoms with van der Waals surface area (Å²) in [5.41, 5.74) is 2.29. The normalized spacial score (nSPS) is 49.6. The van der Waals surface area contributed by atoms with E-state index in [-0.39, 0.29) is 11.7 Å². The van der Waals surface area contributed by atoms with E-state index in [1.807, 2.05) is 6.92 Å². The molecule has 5 rings (SSSR count). The average molecular weight is 401 g/mol. The van der Waals surface area contributed by atoms with E-state index < -0.39 is 0 Å². The maximum absolute atomic E-state index is 12.3. The van der Waals surface area contributed by atoms with Gasteiger partial charge in [0.15, 0.2) is 6.29 Å². The first-order valence-electron chi connectivity index (χ1n) is 12.4. The third kappa shape index (κ3) is 3.26. The molecule has 0 aromatic heterocycles. The van der Waals surface area contributed by atoms with Crippen LogP contribution in [0.3, 0.4) is 0 Å². The molecule has 0 radical (unpaired) electrons. The van der Waals surface area contributed by atoms with Gasteiger partial charge in [0, 0.05) is 12.5 Å². The molecule has 4 aliphatic carbocycles. The van der Waals surface area contributed by atoms with Gasteiger partial charge in [0.1, 0.15) is 5.78 Å². The zero-order valence-corrected chi connectivity index (χ0v) is 18.8. The van der Waals surface area contributed by atoms with E-state index in [9.17, 15) is 4.79 Å². The third-order valence-corrected chi connectivity index (χ3v) is 10.0. The lowest BCUT2D eigenvalue weighted by Crippen LogP contribution is -2.51. The van der Waals surface area contributed by atoms with Gasteiger partial charge in [0.25, 0.3) is 0 Å². The Morgan fingerprint density at radius 2 is 1.93 bits per heavy atom. The van der Waals surface area contributed by atoms with Gasteiger partial charge in [-0.05, 0) is 106 Å². The number of carbonyl (C=O) groups is 1. The summed E-state index contributed by atoms with van der Waals surface area (Å²) in [5, 5.41) is 0. The van der Waals surface area contributed by atoms with Crippen molar-refractivity contribution in [2.24, 2.45) is 34.5 Å². The summed E-state index contributed by atoms with van der Waals surface area (Å²) in [6.07, 6.45) is 16.2. The number of allylic oxidation sites excluding steroid dienone is 1. The molecule has 3 nitrogen and oxygen atoms in total. The molecule has 0 unspecified atom stereocenters. The molecule has 3 heteroatoms. The Balaban J connectivity index is 1.32. The molecule has 3 saturated carbocycles. The summed E-state index contributed by atoms with van der Waals surface area (Å²) in [4.78, 5) is 12.3. The van der Waals surface area contributed by atoms with E-state index in [1.54, 1.807) is 5.57 Å². The predicted molar refractivity (Wildman–Crippen MR) is 114 cm³/mol. The fourth-order valence-electron chi connectivity index (χ4n) is 8.44. The lowest BCUT2D eigenvalue weighted by Gasteiger charge is -2.58. The van der Waals surface area contributed by atoms with Crippen molar-refractivity contribution in [1.29, 1.82) is 0 Å². The van der Waals surface area contributed by atoms with Crippen LogP contribution in [0.5, 0.6) is 0 Å². The smallest absolute Gasteiger partial charge is 0.157 e. The second-order valence-corrected chi connectivity index (χ2v) is 11.3. The average Bonchev–Trinajstić information content (AvgIpc) is 3.06. The predicted octanol–water partition coefficient (Wildman–Crippen LogP) is 6.07. The monoisotopic (exact) mass is 400 g/mol. The Bertz CT molecular complexity index is 677. The number of ketones is 1. The Hall–Kier alpha value is -0.670. The molecule has 0 amide bonds. The summed E-state index contributed by atoms with van der Waals surface area (Å²) in [7, 11) is 0. The molecule has 1 heterocycles. The highest BCUT2D eigenvalue weighted by Gasteiger charge is 2.59. The number of fused-ring (bicyclic) bond motifs is 5.